The molecular formula is C9H8ClF2NO2. The van der Waals surface area contributed by atoms with Crippen LogP contribution in [0.4, 0.5) is 8.78 Å². The van der Waals surface area contributed by atoms with E-state index in [0.717, 1.165) is 12.1 Å². The summed E-state index contributed by atoms with van der Waals surface area (Å²) in [6.07, 6.45) is 0. The van der Waals surface area contributed by atoms with Gasteiger partial charge < -0.3 is 10.8 Å². The van der Waals surface area contributed by atoms with E-state index < -0.39 is 28.5 Å². The number of benzene rings is 1. The van der Waals surface area contributed by atoms with E-state index in [-0.39, 0.29) is 12.1 Å². The summed E-state index contributed by atoms with van der Waals surface area (Å²) < 4.78 is 26.2. The van der Waals surface area contributed by atoms with Gasteiger partial charge in [0.25, 0.3) is 0 Å². The molecule has 3 nitrogen and oxygen atoms in total. The van der Waals surface area contributed by atoms with Crippen molar-refractivity contribution in [2.75, 3.05) is 6.54 Å². The lowest BCUT2D eigenvalue weighted by Crippen LogP contribution is -2.22. The molecule has 0 aromatic heterocycles. The zero-order chi connectivity index (χ0) is 11.6. The van der Waals surface area contributed by atoms with E-state index >= 15 is 0 Å². The molecule has 1 aromatic carbocycles. The normalized spacial score (nSPS) is 12.5. The topological polar surface area (TPSA) is 63.3 Å². The Bertz CT molecular complexity index is 398. The molecule has 0 aliphatic heterocycles. The van der Waals surface area contributed by atoms with Gasteiger partial charge in [0.1, 0.15) is 11.6 Å². The Morgan fingerprint density at radius 2 is 2.13 bits per heavy atom. The molecule has 0 heterocycles. The lowest BCUT2D eigenvalue weighted by atomic mass is 9.99. The van der Waals surface area contributed by atoms with E-state index in [1.165, 1.54) is 0 Å². The maximum Gasteiger partial charge on any atom is 0.312 e. The number of aliphatic carboxylic acids is 1. The van der Waals surface area contributed by atoms with Crippen LogP contribution < -0.4 is 5.73 Å². The summed E-state index contributed by atoms with van der Waals surface area (Å²) in [6.45, 7) is -0.327. The maximum absolute atomic E-state index is 13.4. The molecule has 0 saturated carbocycles. The van der Waals surface area contributed by atoms with Gasteiger partial charge in [-0.1, -0.05) is 11.6 Å². The van der Waals surface area contributed by atoms with Gasteiger partial charge in [-0.3, -0.25) is 4.79 Å². The standard InChI is InChI=1S/C9H8ClF2NO2/c10-7-2-4(11)1-5(8(7)12)6(3-13)9(14)15/h1-2,6H,3,13H2,(H,14,15). The van der Waals surface area contributed by atoms with Crippen LogP contribution in [0.5, 0.6) is 0 Å². The first kappa shape index (κ1) is 11.9. The summed E-state index contributed by atoms with van der Waals surface area (Å²) in [4.78, 5) is 10.7. The third-order valence-electron chi connectivity index (χ3n) is 1.93. The van der Waals surface area contributed by atoms with E-state index in [1.807, 2.05) is 0 Å². The quantitative estimate of drug-likeness (QED) is 0.785. The van der Waals surface area contributed by atoms with Crippen molar-refractivity contribution in [3.05, 3.63) is 34.4 Å². The van der Waals surface area contributed by atoms with Crippen molar-refractivity contribution in [1.29, 1.82) is 0 Å². The van der Waals surface area contributed by atoms with Crippen molar-refractivity contribution < 1.29 is 18.7 Å². The lowest BCUT2D eigenvalue weighted by Gasteiger charge is -2.11. The van der Waals surface area contributed by atoms with Crippen LogP contribution in [-0.4, -0.2) is 17.6 Å². The second-order valence-corrected chi connectivity index (χ2v) is 3.32. The Balaban J connectivity index is 3.28. The smallest absolute Gasteiger partial charge is 0.312 e. The fourth-order valence-corrected chi connectivity index (χ4v) is 1.40. The lowest BCUT2D eigenvalue weighted by molar-refractivity contribution is -0.138. The van der Waals surface area contributed by atoms with Crippen molar-refractivity contribution in [3.8, 4) is 0 Å². The highest BCUT2D eigenvalue weighted by molar-refractivity contribution is 6.30. The maximum atomic E-state index is 13.4. The minimum atomic E-state index is -1.32. The fraction of sp³-hybridized carbons (Fsp3) is 0.222. The molecule has 0 amide bonds. The highest BCUT2D eigenvalue weighted by atomic mass is 35.5. The predicted octanol–water partition coefficient (Wildman–Crippen LogP) is 1.75. The van der Waals surface area contributed by atoms with Crippen LogP contribution in [0.25, 0.3) is 0 Å². The molecule has 6 heteroatoms. The van der Waals surface area contributed by atoms with Crippen molar-refractivity contribution in [3.63, 3.8) is 0 Å². The number of hydrogen-bond donors (Lipinski definition) is 2. The van der Waals surface area contributed by atoms with Gasteiger partial charge in [-0.15, -0.1) is 0 Å². The van der Waals surface area contributed by atoms with Gasteiger partial charge in [0.05, 0.1) is 10.9 Å². The average Bonchev–Trinajstić information content (AvgIpc) is 2.13. The molecule has 0 radical (unpaired) electrons. The Morgan fingerprint density at radius 1 is 1.53 bits per heavy atom. The van der Waals surface area contributed by atoms with E-state index in [1.54, 1.807) is 0 Å². The second-order valence-electron chi connectivity index (χ2n) is 2.92. The van der Waals surface area contributed by atoms with Gasteiger partial charge in [-0.2, -0.15) is 0 Å². The van der Waals surface area contributed by atoms with Crippen molar-refractivity contribution >= 4 is 17.6 Å². The number of nitrogens with two attached hydrogens (primary N) is 1. The number of carbonyl (C=O) groups is 1. The van der Waals surface area contributed by atoms with Crippen LogP contribution in [-0.2, 0) is 4.79 Å². The molecule has 1 atom stereocenters. The molecule has 0 saturated heterocycles. The van der Waals surface area contributed by atoms with Gasteiger partial charge in [0.2, 0.25) is 0 Å². The number of rotatable bonds is 3. The van der Waals surface area contributed by atoms with E-state index in [9.17, 15) is 13.6 Å². The van der Waals surface area contributed by atoms with Gasteiger partial charge >= 0.3 is 5.97 Å². The van der Waals surface area contributed by atoms with Crippen LogP contribution in [0, 0.1) is 11.6 Å². The molecule has 82 valence electrons. The summed E-state index contributed by atoms with van der Waals surface area (Å²) in [5.41, 5.74) is 4.82. The summed E-state index contributed by atoms with van der Waals surface area (Å²) in [7, 11) is 0. The van der Waals surface area contributed by atoms with Gasteiger partial charge in [-0.05, 0) is 12.1 Å². The third-order valence-corrected chi connectivity index (χ3v) is 2.21. The van der Waals surface area contributed by atoms with Gasteiger partial charge in [-0.25, -0.2) is 8.78 Å². The fourth-order valence-electron chi connectivity index (χ4n) is 1.19. The molecule has 15 heavy (non-hydrogen) atoms. The first-order valence-corrected chi connectivity index (χ1v) is 4.42. The van der Waals surface area contributed by atoms with E-state index in [2.05, 4.69) is 0 Å². The monoisotopic (exact) mass is 235 g/mol. The molecule has 0 spiro atoms. The molecule has 0 bridgehead atoms. The molecule has 0 aliphatic carbocycles. The minimum absolute atomic E-state index is 0.327. The van der Waals surface area contributed by atoms with E-state index in [0.29, 0.717) is 0 Å². The Morgan fingerprint density at radius 3 is 2.60 bits per heavy atom. The van der Waals surface area contributed by atoms with Crippen LogP contribution in [0.3, 0.4) is 0 Å². The van der Waals surface area contributed by atoms with Gasteiger partial charge in [0.15, 0.2) is 0 Å². The zero-order valence-electron chi connectivity index (χ0n) is 7.51. The summed E-state index contributed by atoms with van der Waals surface area (Å²) in [6, 6.07) is 1.56. The van der Waals surface area contributed by atoms with Crippen molar-refractivity contribution in [2.45, 2.75) is 5.92 Å². The number of carboxylic acid groups (broad SMARTS) is 1. The van der Waals surface area contributed by atoms with E-state index in [4.69, 9.17) is 22.4 Å². The minimum Gasteiger partial charge on any atom is -0.481 e. The Hall–Kier alpha value is -1.20. The molecule has 1 rings (SSSR count). The Kier molecular flexibility index (Phi) is 3.60. The first-order valence-electron chi connectivity index (χ1n) is 4.04. The second kappa shape index (κ2) is 4.55. The van der Waals surface area contributed by atoms with Crippen molar-refractivity contribution in [1.82, 2.24) is 0 Å². The van der Waals surface area contributed by atoms with Crippen molar-refractivity contribution in [2.24, 2.45) is 5.73 Å². The Labute approximate surface area is 89.5 Å². The summed E-state index contributed by atoms with van der Waals surface area (Å²) in [5.74, 6) is -4.36. The third kappa shape index (κ3) is 2.43. The van der Waals surface area contributed by atoms with Gasteiger partial charge in [0, 0.05) is 12.1 Å². The van der Waals surface area contributed by atoms with Crippen LogP contribution >= 0.6 is 11.6 Å². The number of halogens is 3. The zero-order valence-corrected chi connectivity index (χ0v) is 8.26. The molecule has 0 aliphatic rings. The summed E-state index contributed by atoms with van der Waals surface area (Å²) >= 11 is 5.38. The first-order chi connectivity index (χ1) is 6.97. The predicted molar refractivity (Wildman–Crippen MR) is 50.8 cm³/mol. The summed E-state index contributed by atoms with van der Waals surface area (Å²) in [5, 5.41) is 8.27. The molecule has 0 fully saturated rings. The van der Waals surface area contributed by atoms with Crippen LogP contribution in [0.15, 0.2) is 12.1 Å². The number of carboxylic acids is 1. The molecule has 1 unspecified atom stereocenters. The van der Waals surface area contributed by atoms with Crippen LogP contribution in [0.2, 0.25) is 5.02 Å². The SMILES string of the molecule is NCC(C(=O)O)c1cc(F)cc(Cl)c1F. The highest BCUT2D eigenvalue weighted by Gasteiger charge is 2.23. The molecular weight excluding hydrogens is 228 g/mol. The average molecular weight is 236 g/mol. The highest BCUT2D eigenvalue weighted by Crippen LogP contribution is 2.26. The molecule has 3 N–H and O–H groups in total. The number of hydrogen-bond acceptors (Lipinski definition) is 2. The molecule has 1 aromatic rings. The largest absolute Gasteiger partial charge is 0.481 e. The van der Waals surface area contributed by atoms with Crippen LogP contribution in [0.1, 0.15) is 11.5 Å².